The van der Waals surface area contributed by atoms with Crippen LogP contribution >= 0.6 is 0 Å². The molecule has 0 aliphatic carbocycles. The van der Waals surface area contributed by atoms with E-state index >= 15 is 0 Å². The Morgan fingerprint density at radius 3 is 1.46 bits per heavy atom. The van der Waals surface area contributed by atoms with Gasteiger partial charge in [0.05, 0.1) is 0 Å². The molecular weight excluding hydrogens is 376 g/mol. The van der Waals surface area contributed by atoms with Crippen molar-refractivity contribution in [3.8, 4) is 0 Å². The number of carboxylic acid groups (broad SMARTS) is 2. The molecule has 14 heteroatoms. The highest BCUT2D eigenvalue weighted by Crippen LogP contribution is 1.99. The lowest BCUT2D eigenvalue weighted by Gasteiger charge is -2.05. The van der Waals surface area contributed by atoms with Gasteiger partial charge in [-0.05, 0) is 12.8 Å². The summed E-state index contributed by atoms with van der Waals surface area (Å²) in [5, 5.41) is 29.6. The van der Waals surface area contributed by atoms with E-state index in [1.54, 1.807) is 0 Å². The maximum absolute atomic E-state index is 11.7. The van der Waals surface area contributed by atoms with Crippen LogP contribution in [-0.2, 0) is 0 Å². The zero-order chi connectivity index (χ0) is 20.5. The van der Waals surface area contributed by atoms with Gasteiger partial charge in [0.2, 0.25) is 0 Å². The van der Waals surface area contributed by atoms with E-state index in [1.807, 2.05) is 0 Å². The van der Waals surface area contributed by atoms with Crippen molar-refractivity contribution in [2.24, 2.45) is 0 Å². The second kappa shape index (κ2) is 9.75. The molecule has 0 aliphatic heterocycles. The number of amides is 2. The largest absolute Gasteiger partial charge is 0.475 e. The second-order valence-electron chi connectivity index (χ2n) is 5.51. The fourth-order valence-corrected chi connectivity index (χ4v) is 2.07. The standard InChI is InChI=1S/C14H18N8O6/c23-11(24)9-17-7-21(19-9)13(27)15-5-3-1-2-4-6-16-14(28)22-8-18-10(20-22)12(25)26/h7-8H,1-6H2,(H,15,27)(H,16,28)(H,23,24)(H,25,26). The van der Waals surface area contributed by atoms with Crippen LogP contribution in [0.3, 0.4) is 0 Å². The van der Waals surface area contributed by atoms with Crippen molar-refractivity contribution >= 4 is 24.0 Å². The van der Waals surface area contributed by atoms with Gasteiger partial charge in [-0.15, -0.1) is 10.2 Å². The van der Waals surface area contributed by atoms with Crippen molar-refractivity contribution in [2.45, 2.75) is 25.7 Å². The number of hydrogen-bond donors (Lipinski definition) is 4. The molecule has 2 aromatic rings. The molecule has 28 heavy (non-hydrogen) atoms. The Bertz CT molecular complexity index is 789. The third-order valence-corrected chi connectivity index (χ3v) is 3.44. The van der Waals surface area contributed by atoms with Crippen LogP contribution < -0.4 is 10.6 Å². The topological polar surface area (TPSA) is 194 Å². The summed E-state index contributed by atoms with van der Waals surface area (Å²) in [5.74, 6) is -3.54. The molecule has 0 saturated heterocycles. The highest BCUT2D eigenvalue weighted by molar-refractivity contribution is 5.84. The number of nitrogens with zero attached hydrogens (tertiary/aromatic N) is 6. The Balaban J connectivity index is 1.54. The summed E-state index contributed by atoms with van der Waals surface area (Å²) in [6, 6.07) is -1.14. The maximum atomic E-state index is 11.7. The van der Waals surface area contributed by atoms with Crippen LogP contribution in [0, 0.1) is 0 Å². The molecule has 0 spiro atoms. The lowest BCUT2D eigenvalue weighted by molar-refractivity contribution is 0.0673. The second-order valence-corrected chi connectivity index (χ2v) is 5.51. The first-order valence-electron chi connectivity index (χ1n) is 8.25. The molecule has 0 aliphatic rings. The minimum absolute atomic E-state index is 0.379. The van der Waals surface area contributed by atoms with Crippen molar-refractivity contribution in [1.29, 1.82) is 0 Å². The van der Waals surface area contributed by atoms with Crippen LogP contribution in [-0.4, -0.2) is 76.8 Å². The van der Waals surface area contributed by atoms with Gasteiger partial charge in [0, 0.05) is 13.1 Å². The highest BCUT2D eigenvalue weighted by Gasteiger charge is 2.13. The summed E-state index contributed by atoms with van der Waals surface area (Å²) in [4.78, 5) is 51.7. The quantitative estimate of drug-likeness (QED) is 0.408. The number of nitrogens with one attached hydrogen (secondary N) is 2. The smallest absolute Gasteiger partial charge is 0.375 e. The summed E-state index contributed by atoms with van der Waals surface area (Å²) >= 11 is 0. The van der Waals surface area contributed by atoms with Crippen LogP contribution in [0.1, 0.15) is 46.9 Å². The molecule has 2 aromatic heterocycles. The predicted octanol–water partition coefficient (Wildman–Crippen LogP) is -0.358. The van der Waals surface area contributed by atoms with Crippen molar-refractivity contribution in [3.05, 3.63) is 24.3 Å². The lowest BCUT2D eigenvalue weighted by atomic mass is 10.2. The third kappa shape index (κ3) is 5.86. The van der Waals surface area contributed by atoms with Crippen LogP contribution in [0.5, 0.6) is 0 Å². The molecule has 2 heterocycles. The molecule has 0 bridgehead atoms. The fourth-order valence-electron chi connectivity index (χ4n) is 2.07. The number of carbonyl (C=O) groups excluding carboxylic acids is 2. The van der Waals surface area contributed by atoms with E-state index < -0.39 is 35.6 Å². The van der Waals surface area contributed by atoms with E-state index in [9.17, 15) is 19.2 Å². The minimum Gasteiger partial charge on any atom is -0.475 e. The van der Waals surface area contributed by atoms with Crippen LogP contribution in [0.15, 0.2) is 12.7 Å². The Hall–Kier alpha value is -3.84. The number of hydrogen-bond acceptors (Lipinski definition) is 8. The Morgan fingerprint density at radius 2 is 1.14 bits per heavy atom. The van der Waals surface area contributed by atoms with E-state index in [0.29, 0.717) is 25.9 Å². The molecular formula is C14H18N8O6. The SMILES string of the molecule is O=C(O)c1ncn(C(=O)NCCCCCCNC(=O)n2cnc(C(=O)O)n2)n1. The van der Waals surface area contributed by atoms with E-state index in [-0.39, 0.29) is 0 Å². The number of carboxylic acids is 2. The van der Waals surface area contributed by atoms with Gasteiger partial charge in [0.15, 0.2) is 0 Å². The molecule has 2 amide bonds. The highest BCUT2D eigenvalue weighted by atomic mass is 16.4. The maximum Gasteiger partial charge on any atom is 0.375 e. The molecule has 0 aromatic carbocycles. The minimum atomic E-state index is -1.32. The Morgan fingerprint density at radius 1 is 0.750 bits per heavy atom. The average Bonchev–Trinajstić information content (AvgIpc) is 3.33. The van der Waals surface area contributed by atoms with E-state index in [2.05, 4.69) is 30.8 Å². The van der Waals surface area contributed by atoms with E-state index in [1.165, 1.54) is 0 Å². The van der Waals surface area contributed by atoms with Gasteiger partial charge in [0.25, 0.3) is 11.6 Å². The van der Waals surface area contributed by atoms with E-state index in [0.717, 1.165) is 34.9 Å². The molecule has 4 N–H and O–H groups in total. The summed E-state index contributed by atoms with van der Waals surface area (Å²) in [6.45, 7) is 0.759. The first-order chi connectivity index (χ1) is 13.4. The summed E-state index contributed by atoms with van der Waals surface area (Å²) in [5.41, 5.74) is 0. The molecule has 0 fully saturated rings. The van der Waals surface area contributed by atoms with Crippen molar-refractivity contribution in [3.63, 3.8) is 0 Å². The monoisotopic (exact) mass is 394 g/mol. The van der Waals surface area contributed by atoms with Crippen LogP contribution in [0.4, 0.5) is 9.59 Å². The average molecular weight is 394 g/mol. The summed E-state index contributed by atoms with van der Waals surface area (Å²) in [6.07, 6.45) is 5.00. The zero-order valence-electron chi connectivity index (χ0n) is 14.6. The Kier molecular flexibility index (Phi) is 7.13. The van der Waals surface area contributed by atoms with Gasteiger partial charge in [-0.1, -0.05) is 12.8 Å². The predicted molar refractivity (Wildman–Crippen MR) is 90.0 cm³/mol. The van der Waals surface area contributed by atoms with Gasteiger partial charge in [-0.2, -0.15) is 9.36 Å². The van der Waals surface area contributed by atoms with Gasteiger partial charge < -0.3 is 20.8 Å². The van der Waals surface area contributed by atoms with Crippen LogP contribution in [0.2, 0.25) is 0 Å². The van der Waals surface area contributed by atoms with Gasteiger partial charge in [0.1, 0.15) is 12.7 Å². The molecule has 0 unspecified atom stereocenters. The fraction of sp³-hybridized carbons (Fsp3) is 0.429. The number of rotatable bonds is 9. The van der Waals surface area contributed by atoms with Crippen LogP contribution in [0.25, 0.3) is 0 Å². The number of aromatic nitrogens is 6. The zero-order valence-corrected chi connectivity index (χ0v) is 14.6. The summed E-state index contributed by atoms with van der Waals surface area (Å²) < 4.78 is 1.64. The molecule has 0 radical (unpaired) electrons. The summed E-state index contributed by atoms with van der Waals surface area (Å²) in [7, 11) is 0. The molecule has 2 rings (SSSR count). The third-order valence-electron chi connectivity index (χ3n) is 3.44. The van der Waals surface area contributed by atoms with Crippen molar-refractivity contribution in [1.82, 2.24) is 40.2 Å². The first kappa shape index (κ1) is 20.5. The number of carbonyl (C=O) groups is 4. The first-order valence-corrected chi connectivity index (χ1v) is 8.25. The van der Waals surface area contributed by atoms with Gasteiger partial charge in [-0.25, -0.2) is 29.1 Å². The number of unbranched alkanes of at least 4 members (excludes halogenated alkanes) is 3. The van der Waals surface area contributed by atoms with Crippen molar-refractivity contribution in [2.75, 3.05) is 13.1 Å². The molecule has 150 valence electrons. The Labute approximate surface area is 157 Å². The molecule has 0 atom stereocenters. The lowest BCUT2D eigenvalue weighted by Crippen LogP contribution is -2.30. The normalized spacial score (nSPS) is 10.4. The van der Waals surface area contributed by atoms with Crippen molar-refractivity contribution < 1.29 is 29.4 Å². The molecule has 14 nitrogen and oxygen atoms in total. The number of aromatic carboxylic acids is 2. The molecule has 0 saturated carbocycles. The van der Waals surface area contributed by atoms with Gasteiger partial charge >= 0.3 is 24.0 Å². The van der Waals surface area contributed by atoms with Gasteiger partial charge in [-0.3, -0.25) is 0 Å². The van der Waals surface area contributed by atoms with E-state index in [4.69, 9.17) is 10.2 Å².